The minimum atomic E-state index is 0.880. The molecule has 7 heteroatoms. The summed E-state index contributed by atoms with van der Waals surface area (Å²) in [6, 6.07) is 12.5. The van der Waals surface area contributed by atoms with Crippen LogP contribution >= 0.6 is 0 Å². The number of aromatic nitrogens is 7. The summed E-state index contributed by atoms with van der Waals surface area (Å²) in [5.41, 5.74) is 7.95. The molecule has 0 spiro atoms. The second-order valence-corrected chi connectivity index (χ2v) is 7.29. The lowest BCUT2D eigenvalue weighted by Crippen LogP contribution is -1.91. The van der Waals surface area contributed by atoms with E-state index >= 15 is 0 Å². The smallest absolute Gasteiger partial charge is 0.116 e. The number of fused-ring (bicyclic) bond motifs is 2. The first-order chi connectivity index (χ1) is 14.8. The highest BCUT2D eigenvalue weighted by molar-refractivity contribution is 5.99. The fourth-order valence-electron chi connectivity index (χ4n) is 3.87. The summed E-state index contributed by atoms with van der Waals surface area (Å²) in [4.78, 5) is 16.3. The molecule has 0 bridgehead atoms. The summed E-state index contributed by atoms with van der Waals surface area (Å²) in [7, 11) is 0. The van der Waals surface area contributed by atoms with Crippen molar-refractivity contribution in [1.82, 2.24) is 34.7 Å². The Morgan fingerprint density at radius 3 is 2.60 bits per heavy atom. The Morgan fingerprint density at radius 1 is 0.867 bits per heavy atom. The van der Waals surface area contributed by atoms with Crippen molar-refractivity contribution >= 4 is 21.8 Å². The molecule has 0 atom stereocenters. The molecule has 7 nitrogen and oxygen atoms in total. The Labute approximate surface area is 171 Å². The quantitative estimate of drug-likeness (QED) is 0.459. The fourth-order valence-corrected chi connectivity index (χ4v) is 3.87. The highest BCUT2D eigenvalue weighted by atomic mass is 15.1. The van der Waals surface area contributed by atoms with E-state index in [1.807, 2.05) is 48.5 Å². The van der Waals surface area contributed by atoms with E-state index < -0.39 is 0 Å². The van der Waals surface area contributed by atoms with E-state index in [2.05, 4.69) is 54.4 Å². The zero-order chi connectivity index (χ0) is 20.1. The molecule has 144 valence electrons. The van der Waals surface area contributed by atoms with Crippen LogP contribution in [0.25, 0.3) is 50.0 Å². The SMILES string of the molecule is Cc1cn(-c2cncc3[nH]c(-c4n[nH]c5ccc(-c6ccncc6)cc45)cc23)cn1. The molecule has 5 aromatic heterocycles. The van der Waals surface area contributed by atoms with Gasteiger partial charge in [-0.15, -0.1) is 0 Å². The highest BCUT2D eigenvalue weighted by Crippen LogP contribution is 2.33. The molecule has 0 aliphatic rings. The molecule has 0 unspecified atom stereocenters. The summed E-state index contributed by atoms with van der Waals surface area (Å²) < 4.78 is 1.99. The van der Waals surface area contributed by atoms with E-state index in [9.17, 15) is 0 Å². The monoisotopic (exact) mass is 391 g/mol. The van der Waals surface area contributed by atoms with Gasteiger partial charge in [0.1, 0.15) is 5.69 Å². The van der Waals surface area contributed by atoms with Crippen molar-refractivity contribution in [2.24, 2.45) is 0 Å². The molecule has 0 radical (unpaired) electrons. The Hall–Kier alpha value is -4.26. The van der Waals surface area contributed by atoms with E-state index in [1.54, 1.807) is 12.4 Å². The molecule has 0 amide bonds. The maximum atomic E-state index is 4.59. The number of aryl methyl sites for hydroxylation is 1. The molecule has 0 fully saturated rings. The Kier molecular flexibility index (Phi) is 3.55. The lowest BCUT2D eigenvalue weighted by molar-refractivity contribution is 1.05. The third-order valence-electron chi connectivity index (χ3n) is 5.35. The molecule has 6 aromatic rings. The molecule has 0 saturated carbocycles. The van der Waals surface area contributed by atoms with Crippen molar-refractivity contribution in [2.75, 3.05) is 0 Å². The second-order valence-electron chi connectivity index (χ2n) is 7.29. The van der Waals surface area contributed by atoms with Crippen molar-refractivity contribution in [1.29, 1.82) is 0 Å². The van der Waals surface area contributed by atoms with E-state index in [0.717, 1.165) is 55.7 Å². The fraction of sp³-hybridized carbons (Fsp3) is 0.0435. The average Bonchev–Trinajstić information content (AvgIpc) is 3.51. The van der Waals surface area contributed by atoms with Gasteiger partial charge in [0.05, 0.1) is 46.8 Å². The molecular weight excluding hydrogens is 374 g/mol. The van der Waals surface area contributed by atoms with Crippen molar-refractivity contribution < 1.29 is 0 Å². The highest BCUT2D eigenvalue weighted by Gasteiger charge is 2.14. The number of rotatable bonds is 3. The maximum Gasteiger partial charge on any atom is 0.116 e. The van der Waals surface area contributed by atoms with Gasteiger partial charge in [-0.25, -0.2) is 4.98 Å². The first-order valence-electron chi connectivity index (χ1n) is 9.63. The molecule has 0 aliphatic heterocycles. The Balaban J connectivity index is 1.52. The molecule has 0 aliphatic carbocycles. The largest absolute Gasteiger partial charge is 0.352 e. The predicted octanol–water partition coefficient (Wildman–Crippen LogP) is 4.66. The van der Waals surface area contributed by atoms with Crippen LogP contribution < -0.4 is 0 Å². The number of hydrogen-bond acceptors (Lipinski definition) is 4. The van der Waals surface area contributed by atoms with Gasteiger partial charge in [-0.3, -0.25) is 15.1 Å². The van der Waals surface area contributed by atoms with Gasteiger partial charge in [0.2, 0.25) is 0 Å². The minimum absolute atomic E-state index is 0.880. The number of imidazole rings is 1. The van der Waals surface area contributed by atoms with Gasteiger partial charge in [0.15, 0.2) is 0 Å². The van der Waals surface area contributed by atoms with Crippen molar-refractivity contribution in [3.63, 3.8) is 0 Å². The number of nitrogens with zero attached hydrogens (tertiary/aromatic N) is 5. The van der Waals surface area contributed by atoms with E-state index in [1.165, 1.54) is 0 Å². The van der Waals surface area contributed by atoms with E-state index in [-0.39, 0.29) is 0 Å². The van der Waals surface area contributed by atoms with Gasteiger partial charge < -0.3 is 9.55 Å². The van der Waals surface area contributed by atoms with Crippen molar-refractivity contribution in [3.05, 3.63) is 79.4 Å². The first-order valence-corrected chi connectivity index (χ1v) is 9.63. The number of pyridine rings is 2. The van der Waals surface area contributed by atoms with Crippen LogP contribution in [0.5, 0.6) is 0 Å². The van der Waals surface area contributed by atoms with Gasteiger partial charge in [0.25, 0.3) is 0 Å². The lowest BCUT2D eigenvalue weighted by Gasteiger charge is -2.02. The van der Waals surface area contributed by atoms with E-state index in [0.29, 0.717) is 0 Å². The summed E-state index contributed by atoms with van der Waals surface area (Å²) >= 11 is 0. The Bertz CT molecular complexity index is 1510. The summed E-state index contributed by atoms with van der Waals surface area (Å²) in [5, 5.41) is 9.87. The lowest BCUT2D eigenvalue weighted by atomic mass is 10.0. The molecular formula is C23H17N7. The van der Waals surface area contributed by atoms with Crippen LogP contribution in [0, 0.1) is 6.92 Å². The molecule has 30 heavy (non-hydrogen) atoms. The molecule has 5 heterocycles. The average molecular weight is 391 g/mol. The van der Waals surface area contributed by atoms with Gasteiger partial charge >= 0.3 is 0 Å². The normalized spacial score (nSPS) is 11.5. The standard InChI is InChI=1S/C23H17N7/c1-14-12-30(13-26-14)22-11-25-10-21-17(22)9-20(27-21)23-18-8-16(2-3-19(18)28-29-23)15-4-6-24-7-5-15/h2-13,27H,1H3,(H,28,29). The molecule has 0 saturated heterocycles. The number of benzene rings is 1. The van der Waals surface area contributed by atoms with Gasteiger partial charge in [-0.1, -0.05) is 6.07 Å². The second kappa shape index (κ2) is 6.38. The van der Waals surface area contributed by atoms with Crippen LogP contribution in [0.2, 0.25) is 0 Å². The molecule has 6 rings (SSSR count). The van der Waals surface area contributed by atoms with Gasteiger partial charge in [-0.2, -0.15) is 5.10 Å². The Morgan fingerprint density at radius 2 is 1.77 bits per heavy atom. The number of aromatic amines is 2. The number of nitrogens with one attached hydrogen (secondary N) is 2. The van der Waals surface area contributed by atoms with Gasteiger partial charge in [-0.05, 0) is 48.4 Å². The van der Waals surface area contributed by atoms with Crippen LogP contribution in [-0.2, 0) is 0 Å². The zero-order valence-corrected chi connectivity index (χ0v) is 16.2. The summed E-state index contributed by atoms with van der Waals surface area (Å²) in [6.07, 6.45) is 11.1. The van der Waals surface area contributed by atoms with Crippen LogP contribution in [-0.4, -0.2) is 34.7 Å². The zero-order valence-electron chi connectivity index (χ0n) is 16.2. The summed E-state index contributed by atoms with van der Waals surface area (Å²) in [6.45, 7) is 1.98. The third-order valence-corrected chi connectivity index (χ3v) is 5.35. The number of hydrogen-bond donors (Lipinski definition) is 2. The number of H-pyrrole nitrogens is 2. The summed E-state index contributed by atoms with van der Waals surface area (Å²) in [5.74, 6) is 0. The van der Waals surface area contributed by atoms with Crippen LogP contribution in [0.4, 0.5) is 0 Å². The third kappa shape index (κ3) is 2.60. The van der Waals surface area contributed by atoms with Crippen LogP contribution in [0.15, 0.2) is 73.7 Å². The maximum absolute atomic E-state index is 4.59. The predicted molar refractivity (Wildman–Crippen MR) is 116 cm³/mol. The topological polar surface area (TPSA) is 88.1 Å². The van der Waals surface area contributed by atoms with Crippen molar-refractivity contribution in [3.8, 4) is 28.2 Å². The molecule has 1 aromatic carbocycles. The van der Waals surface area contributed by atoms with Gasteiger partial charge in [0, 0.05) is 29.4 Å². The van der Waals surface area contributed by atoms with Crippen molar-refractivity contribution in [2.45, 2.75) is 6.92 Å². The molecule has 2 N–H and O–H groups in total. The first kappa shape index (κ1) is 16.7. The minimum Gasteiger partial charge on any atom is -0.352 e. The van der Waals surface area contributed by atoms with Crippen LogP contribution in [0.3, 0.4) is 0 Å². The van der Waals surface area contributed by atoms with Crippen LogP contribution in [0.1, 0.15) is 5.69 Å². The van der Waals surface area contributed by atoms with E-state index in [4.69, 9.17) is 0 Å².